The second kappa shape index (κ2) is 10.3. The quantitative estimate of drug-likeness (QED) is 0.699. The molecule has 1 aromatic heterocycles. The molecule has 2 atom stereocenters. The summed E-state index contributed by atoms with van der Waals surface area (Å²) in [7, 11) is 1.87. The van der Waals surface area contributed by atoms with Gasteiger partial charge in [-0.3, -0.25) is 14.6 Å². The Morgan fingerprint density at radius 1 is 1.23 bits per heavy atom. The van der Waals surface area contributed by atoms with Crippen LogP contribution in [0.2, 0.25) is 0 Å². The monoisotopic (exact) mass is 412 g/mol. The Kier molecular flexibility index (Phi) is 7.52. The van der Waals surface area contributed by atoms with Crippen LogP contribution >= 0.6 is 0 Å². The normalized spacial score (nSPS) is 18.2. The molecular formula is C23H29FN4O2. The molecule has 30 heavy (non-hydrogen) atoms. The van der Waals surface area contributed by atoms with E-state index in [4.69, 9.17) is 0 Å². The summed E-state index contributed by atoms with van der Waals surface area (Å²) in [6.07, 6.45) is 3.75. The first-order chi connectivity index (χ1) is 14.5. The van der Waals surface area contributed by atoms with Gasteiger partial charge in [-0.1, -0.05) is 12.1 Å². The summed E-state index contributed by atoms with van der Waals surface area (Å²) in [6.45, 7) is 4.15. The number of amides is 2. The molecule has 0 saturated heterocycles. The molecule has 1 heterocycles. The van der Waals surface area contributed by atoms with Crippen molar-refractivity contribution in [2.24, 2.45) is 5.92 Å². The van der Waals surface area contributed by atoms with Crippen molar-refractivity contribution in [2.75, 3.05) is 26.7 Å². The lowest BCUT2D eigenvalue weighted by Crippen LogP contribution is -2.40. The first kappa shape index (κ1) is 21.9. The average molecular weight is 413 g/mol. The number of benzene rings is 1. The number of carbonyl (C=O) groups excluding carboxylic acids is 2. The fourth-order valence-corrected chi connectivity index (χ4v) is 3.88. The maximum absolute atomic E-state index is 13.4. The summed E-state index contributed by atoms with van der Waals surface area (Å²) >= 11 is 0. The van der Waals surface area contributed by atoms with Crippen LogP contribution in [0.1, 0.15) is 36.5 Å². The molecule has 3 rings (SSSR count). The number of hydrogen-bond acceptors (Lipinski definition) is 4. The van der Waals surface area contributed by atoms with Gasteiger partial charge in [-0.15, -0.1) is 0 Å². The molecule has 2 N–H and O–H groups in total. The summed E-state index contributed by atoms with van der Waals surface area (Å²) in [5, 5.41) is 6.10. The van der Waals surface area contributed by atoms with Gasteiger partial charge in [0, 0.05) is 43.4 Å². The van der Waals surface area contributed by atoms with Crippen molar-refractivity contribution in [3.63, 3.8) is 0 Å². The zero-order valence-corrected chi connectivity index (χ0v) is 17.5. The molecule has 2 amide bonds. The van der Waals surface area contributed by atoms with Crippen LogP contribution < -0.4 is 10.6 Å². The lowest BCUT2D eigenvalue weighted by Gasteiger charge is -2.24. The first-order valence-corrected chi connectivity index (χ1v) is 10.5. The van der Waals surface area contributed by atoms with Crippen LogP contribution in [0.25, 0.3) is 11.3 Å². The van der Waals surface area contributed by atoms with Gasteiger partial charge in [0.2, 0.25) is 5.91 Å². The third-order valence-corrected chi connectivity index (χ3v) is 5.59. The molecule has 1 aromatic carbocycles. The standard InChI is InChI=1S/C23H29FN4O2/c1-3-28(12-11-25-2)23(30)17-7-9-20(14-17)27-22(29)18-8-10-21(26-15-18)16-5-4-6-19(24)13-16/h4-6,8,10,13,15,17,20,25H,3,7,9,11-12,14H2,1-2H3,(H,27,29)/t17-,20+/m1/s1. The van der Waals surface area contributed by atoms with Crippen molar-refractivity contribution in [3.8, 4) is 11.3 Å². The molecule has 0 bridgehead atoms. The Labute approximate surface area is 176 Å². The van der Waals surface area contributed by atoms with Crippen molar-refractivity contribution in [1.82, 2.24) is 20.5 Å². The topological polar surface area (TPSA) is 74.3 Å². The molecule has 0 unspecified atom stereocenters. The molecule has 0 aliphatic heterocycles. The molecule has 1 fully saturated rings. The summed E-state index contributed by atoms with van der Waals surface area (Å²) in [6, 6.07) is 9.58. The van der Waals surface area contributed by atoms with Gasteiger partial charge in [-0.05, 0) is 57.5 Å². The van der Waals surface area contributed by atoms with Crippen LogP contribution in [0.4, 0.5) is 4.39 Å². The predicted octanol–water partition coefficient (Wildman–Crippen LogP) is 2.85. The van der Waals surface area contributed by atoms with E-state index >= 15 is 0 Å². The predicted molar refractivity (Wildman–Crippen MR) is 114 cm³/mol. The van der Waals surface area contributed by atoms with Crippen molar-refractivity contribution in [2.45, 2.75) is 32.2 Å². The highest BCUT2D eigenvalue weighted by Crippen LogP contribution is 2.27. The van der Waals surface area contributed by atoms with Crippen LogP contribution in [0.15, 0.2) is 42.6 Å². The smallest absolute Gasteiger partial charge is 0.253 e. The Bertz CT molecular complexity index is 872. The molecule has 1 aliphatic carbocycles. The lowest BCUT2D eigenvalue weighted by atomic mass is 10.1. The maximum atomic E-state index is 13.4. The van der Waals surface area contributed by atoms with E-state index < -0.39 is 0 Å². The Morgan fingerprint density at radius 2 is 2.07 bits per heavy atom. The van der Waals surface area contributed by atoms with E-state index in [9.17, 15) is 14.0 Å². The molecule has 1 saturated carbocycles. The van der Waals surface area contributed by atoms with Gasteiger partial charge in [-0.2, -0.15) is 0 Å². The van der Waals surface area contributed by atoms with Crippen LogP contribution in [0, 0.1) is 11.7 Å². The van der Waals surface area contributed by atoms with Crippen molar-refractivity contribution in [1.29, 1.82) is 0 Å². The van der Waals surface area contributed by atoms with Gasteiger partial charge in [0.25, 0.3) is 5.91 Å². The van der Waals surface area contributed by atoms with Crippen LogP contribution in [-0.4, -0.2) is 54.4 Å². The van der Waals surface area contributed by atoms with Gasteiger partial charge in [0.05, 0.1) is 11.3 Å². The Balaban J connectivity index is 1.56. The molecule has 0 spiro atoms. The van der Waals surface area contributed by atoms with Crippen LogP contribution in [0.5, 0.6) is 0 Å². The van der Waals surface area contributed by atoms with Gasteiger partial charge < -0.3 is 15.5 Å². The molecule has 0 radical (unpaired) electrons. The number of rotatable bonds is 8. The van der Waals surface area contributed by atoms with E-state index in [2.05, 4.69) is 15.6 Å². The van der Waals surface area contributed by atoms with Gasteiger partial charge >= 0.3 is 0 Å². The fourth-order valence-electron chi connectivity index (χ4n) is 3.88. The average Bonchev–Trinajstić information content (AvgIpc) is 3.22. The minimum absolute atomic E-state index is 0.0163. The van der Waals surface area contributed by atoms with Crippen LogP contribution in [-0.2, 0) is 4.79 Å². The van der Waals surface area contributed by atoms with E-state index in [0.29, 0.717) is 36.3 Å². The van der Waals surface area contributed by atoms with Gasteiger partial charge in [0.1, 0.15) is 5.82 Å². The summed E-state index contributed by atoms with van der Waals surface area (Å²) in [5.74, 6) is -0.394. The molecular weight excluding hydrogens is 383 g/mol. The number of nitrogens with zero attached hydrogens (tertiary/aromatic N) is 2. The zero-order valence-electron chi connectivity index (χ0n) is 17.5. The van der Waals surface area contributed by atoms with Crippen molar-refractivity contribution < 1.29 is 14.0 Å². The SMILES string of the molecule is CCN(CCNC)C(=O)[C@@H]1CC[C@H](NC(=O)c2ccc(-c3cccc(F)c3)nc2)C1. The Morgan fingerprint density at radius 3 is 2.73 bits per heavy atom. The Hall–Kier alpha value is -2.80. The number of nitrogens with one attached hydrogen (secondary N) is 2. The van der Waals surface area contributed by atoms with Crippen molar-refractivity contribution in [3.05, 3.63) is 54.0 Å². The maximum Gasteiger partial charge on any atom is 0.253 e. The van der Waals surface area contributed by atoms with Crippen molar-refractivity contribution >= 4 is 11.8 Å². The van der Waals surface area contributed by atoms with E-state index in [1.807, 2.05) is 18.9 Å². The number of pyridine rings is 1. The summed E-state index contributed by atoms with van der Waals surface area (Å²) in [5.41, 5.74) is 1.73. The second-order valence-corrected chi connectivity index (χ2v) is 7.64. The van der Waals surface area contributed by atoms with Gasteiger partial charge in [-0.25, -0.2) is 4.39 Å². The third-order valence-electron chi connectivity index (χ3n) is 5.59. The zero-order chi connectivity index (χ0) is 21.5. The number of hydrogen-bond donors (Lipinski definition) is 2. The highest BCUT2D eigenvalue weighted by molar-refractivity contribution is 5.94. The number of carbonyl (C=O) groups is 2. The highest BCUT2D eigenvalue weighted by Gasteiger charge is 2.33. The van der Waals surface area contributed by atoms with E-state index in [-0.39, 0.29) is 29.6 Å². The van der Waals surface area contributed by atoms with E-state index in [1.165, 1.54) is 18.3 Å². The van der Waals surface area contributed by atoms with E-state index in [0.717, 1.165) is 19.4 Å². The highest BCUT2D eigenvalue weighted by atomic mass is 19.1. The lowest BCUT2D eigenvalue weighted by molar-refractivity contribution is -0.135. The molecule has 7 heteroatoms. The minimum atomic E-state index is -0.325. The molecule has 6 nitrogen and oxygen atoms in total. The molecule has 1 aliphatic rings. The van der Waals surface area contributed by atoms with Crippen LogP contribution in [0.3, 0.4) is 0 Å². The second-order valence-electron chi connectivity index (χ2n) is 7.64. The number of aromatic nitrogens is 1. The minimum Gasteiger partial charge on any atom is -0.349 e. The summed E-state index contributed by atoms with van der Waals surface area (Å²) < 4.78 is 13.4. The van der Waals surface area contributed by atoms with E-state index in [1.54, 1.807) is 24.3 Å². The molecule has 2 aromatic rings. The largest absolute Gasteiger partial charge is 0.349 e. The number of halogens is 1. The van der Waals surface area contributed by atoms with Gasteiger partial charge in [0.15, 0.2) is 0 Å². The molecule has 160 valence electrons. The first-order valence-electron chi connectivity index (χ1n) is 10.5. The number of likely N-dealkylation sites (N-methyl/N-ethyl adjacent to an activating group) is 2. The summed E-state index contributed by atoms with van der Waals surface area (Å²) in [4.78, 5) is 31.5. The third kappa shape index (κ3) is 5.42. The fraction of sp³-hybridized carbons (Fsp3) is 0.435.